The van der Waals surface area contributed by atoms with Crippen LogP contribution in [0.15, 0.2) is 24.3 Å². The SMILES string of the molecule is CC(C)(C)[Si](C)(C)O[C@H]1C[C@@H](O)c2ccccc21. The summed E-state index contributed by atoms with van der Waals surface area (Å²) in [5, 5.41) is 10.3. The molecule has 0 fully saturated rings. The average Bonchev–Trinajstić information content (AvgIpc) is 2.55. The van der Waals surface area contributed by atoms with Crippen LogP contribution in [0, 0.1) is 0 Å². The highest BCUT2D eigenvalue weighted by Crippen LogP contribution is 2.46. The van der Waals surface area contributed by atoms with Crippen molar-refractivity contribution in [2.24, 2.45) is 0 Å². The summed E-state index contributed by atoms with van der Waals surface area (Å²) in [6, 6.07) is 8.11. The Balaban J connectivity index is 2.23. The van der Waals surface area contributed by atoms with E-state index in [-0.39, 0.29) is 17.2 Å². The highest BCUT2D eigenvalue weighted by Gasteiger charge is 2.42. The minimum absolute atomic E-state index is 0.0668. The van der Waals surface area contributed by atoms with Gasteiger partial charge in [-0.15, -0.1) is 0 Å². The van der Waals surface area contributed by atoms with E-state index in [9.17, 15) is 5.11 Å². The van der Waals surface area contributed by atoms with Gasteiger partial charge in [0.15, 0.2) is 8.32 Å². The van der Waals surface area contributed by atoms with E-state index in [0.29, 0.717) is 6.42 Å². The van der Waals surface area contributed by atoms with Gasteiger partial charge in [0.05, 0.1) is 12.2 Å². The summed E-state index contributed by atoms with van der Waals surface area (Å²) in [6.07, 6.45) is 0.402. The first kappa shape index (κ1) is 13.8. The Labute approximate surface area is 111 Å². The molecule has 18 heavy (non-hydrogen) atoms. The minimum atomic E-state index is -1.78. The summed E-state index contributed by atoms with van der Waals surface area (Å²) < 4.78 is 6.44. The predicted octanol–water partition coefficient (Wildman–Crippen LogP) is 4.19. The van der Waals surface area contributed by atoms with E-state index in [2.05, 4.69) is 39.9 Å². The van der Waals surface area contributed by atoms with Gasteiger partial charge < -0.3 is 9.53 Å². The fraction of sp³-hybridized carbons (Fsp3) is 0.600. The maximum Gasteiger partial charge on any atom is 0.192 e. The summed E-state index contributed by atoms with van der Waals surface area (Å²) in [5.41, 5.74) is 2.22. The molecule has 3 heteroatoms. The topological polar surface area (TPSA) is 29.5 Å². The highest BCUT2D eigenvalue weighted by atomic mass is 28.4. The lowest BCUT2D eigenvalue weighted by Gasteiger charge is -2.38. The number of aliphatic hydroxyl groups excluding tert-OH is 1. The molecule has 0 aromatic heterocycles. The zero-order valence-corrected chi connectivity index (χ0v) is 13.0. The van der Waals surface area contributed by atoms with E-state index in [1.54, 1.807) is 0 Å². The molecule has 1 aromatic carbocycles. The quantitative estimate of drug-likeness (QED) is 0.812. The third-order valence-electron chi connectivity index (χ3n) is 4.38. The van der Waals surface area contributed by atoms with Crippen molar-refractivity contribution in [3.05, 3.63) is 35.4 Å². The van der Waals surface area contributed by atoms with Crippen molar-refractivity contribution in [3.8, 4) is 0 Å². The van der Waals surface area contributed by atoms with Crippen molar-refractivity contribution in [2.45, 2.75) is 57.5 Å². The van der Waals surface area contributed by atoms with Crippen LogP contribution in [0.5, 0.6) is 0 Å². The van der Waals surface area contributed by atoms with Gasteiger partial charge in [0.2, 0.25) is 0 Å². The third-order valence-corrected chi connectivity index (χ3v) is 8.87. The zero-order chi connectivity index (χ0) is 13.6. The fourth-order valence-corrected chi connectivity index (χ4v) is 3.50. The van der Waals surface area contributed by atoms with Crippen LogP contribution in [0.25, 0.3) is 0 Å². The predicted molar refractivity (Wildman–Crippen MR) is 77.0 cm³/mol. The molecule has 0 bridgehead atoms. The van der Waals surface area contributed by atoms with Crippen molar-refractivity contribution in [1.29, 1.82) is 0 Å². The Bertz CT molecular complexity index is 434. The van der Waals surface area contributed by atoms with Crippen molar-refractivity contribution >= 4 is 8.32 Å². The molecule has 1 aromatic rings. The smallest absolute Gasteiger partial charge is 0.192 e. The second-order valence-corrected chi connectivity index (χ2v) is 11.5. The Morgan fingerprint density at radius 3 is 2.28 bits per heavy atom. The maximum absolute atomic E-state index is 10.1. The van der Waals surface area contributed by atoms with Crippen LogP contribution < -0.4 is 0 Å². The molecule has 2 rings (SSSR count). The maximum atomic E-state index is 10.1. The van der Waals surface area contributed by atoms with Gasteiger partial charge in [-0.2, -0.15) is 0 Å². The van der Waals surface area contributed by atoms with Gasteiger partial charge in [-0.3, -0.25) is 0 Å². The van der Waals surface area contributed by atoms with E-state index in [4.69, 9.17) is 4.43 Å². The number of benzene rings is 1. The largest absolute Gasteiger partial charge is 0.410 e. The molecule has 1 N–H and O–H groups in total. The molecular formula is C15H24O2Si. The Hall–Kier alpha value is -0.643. The third kappa shape index (κ3) is 2.39. The molecular weight excluding hydrogens is 240 g/mol. The molecule has 0 saturated carbocycles. The summed E-state index contributed by atoms with van der Waals surface area (Å²) in [7, 11) is -1.78. The lowest BCUT2D eigenvalue weighted by atomic mass is 10.1. The number of hydrogen-bond acceptors (Lipinski definition) is 2. The van der Waals surface area contributed by atoms with Crippen LogP contribution in [0.1, 0.15) is 50.5 Å². The molecule has 1 aliphatic carbocycles. The van der Waals surface area contributed by atoms with E-state index >= 15 is 0 Å². The molecule has 100 valence electrons. The molecule has 0 spiro atoms. The molecule has 0 saturated heterocycles. The van der Waals surface area contributed by atoms with Crippen LogP contribution in [0.3, 0.4) is 0 Å². The molecule has 0 amide bonds. The zero-order valence-electron chi connectivity index (χ0n) is 12.0. The van der Waals surface area contributed by atoms with Crippen LogP contribution in [0.4, 0.5) is 0 Å². The summed E-state index contributed by atoms with van der Waals surface area (Å²) in [5.74, 6) is 0. The summed E-state index contributed by atoms with van der Waals surface area (Å²) >= 11 is 0. The first-order valence-corrected chi connectivity index (χ1v) is 9.58. The fourth-order valence-electron chi connectivity index (χ4n) is 2.21. The van der Waals surface area contributed by atoms with Gasteiger partial charge in [0.25, 0.3) is 0 Å². The lowest BCUT2D eigenvalue weighted by molar-refractivity contribution is 0.112. The number of fused-ring (bicyclic) bond motifs is 1. The number of aliphatic hydroxyl groups is 1. The van der Waals surface area contributed by atoms with Gasteiger partial charge in [0.1, 0.15) is 0 Å². The molecule has 1 aliphatic rings. The second kappa shape index (κ2) is 4.48. The van der Waals surface area contributed by atoms with Gasteiger partial charge in [-0.05, 0) is 29.3 Å². The Morgan fingerprint density at radius 2 is 1.72 bits per heavy atom. The van der Waals surface area contributed by atoms with Crippen LogP contribution in [-0.2, 0) is 4.43 Å². The molecule has 2 nitrogen and oxygen atoms in total. The summed E-state index contributed by atoms with van der Waals surface area (Å²) in [4.78, 5) is 0. The van der Waals surface area contributed by atoms with Crippen molar-refractivity contribution in [1.82, 2.24) is 0 Å². The van der Waals surface area contributed by atoms with Crippen molar-refractivity contribution in [2.75, 3.05) is 0 Å². The second-order valence-electron chi connectivity index (χ2n) is 6.75. The van der Waals surface area contributed by atoms with Crippen LogP contribution >= 0.6 is 0 Å². The van der Waals surface area contributed by atoms with Gasteiger partial charge in [0, 0.05) is 6.42 Å². The molecule has 0 radical (unpaired) electrons. The minimum Gasteiger partial charge on any atom is -0.410 e. The first-order valence-electron chi connectivity index (χ1n) is 6.67. The standard InChI is InChI=1S/C15H24O2Si/c1-15(2,3)18(4,5)17-14-10-13(16)11-8-6-7-9-12(11)14/h6-9,13-14,16H,10H2,1-5H3/t13-,14+/m1/s1. The van der Waals surface area contributed by atoms with Gasteiger partial charge >= 0.3 is 0 Å². The molecule has 2 atom stereocenters. The Kier molecular flexibility index (Phi) is 3.43. The van der Waals surface area contributed by atoms with Crippen molar-refractivity contribution in [3.63, 3.8) is 0 Å². The monoisotopic (exact) mass is 264 g/mol. The highest BCUT2D eigenvalue weighted by molar-refractivity contribution is 6.74. The summed E-state index contributed by atoms with van der Waals surface area (Å²) in [6.45, 7) is 11.3. The van der Waals surface area contributed by atoms with Crippen LogP contribution in [-0.4, -0.2) is 13.4 Å². The van der Waals surface area contributed by atoms with E-state index in [1.165, 1.54) is 5.56 Å². The van der Waals surface area contributed by atoms with E-state index in [0.717, 1.165) is 5.56 Å². The average molecular weight is 264 g/mol. The number of hydrogen-bond donors (Lipinski definition) is 1. The lowest BCUT2D eigenvalue weighted by Crippen LogP contribution is -2.41. The van der Waals surface area contributed by atoms with Gasteiger partial charge in [-0.25, -0.2) is 0 Å². The Morgan fingerprint density at radius 1 is 1.17 bits per heavy atom. The van der Waals surface area contributed by atoms with E-state index in [1.807, 2.05) is 18.2 Å². The first-order chi connectivity index (χ1) is 8.22. The molecule has 0 heterocycles. The van der Waals surface area contributed by atoms with Crippen LogP contribution in [0.2, 0.25) is 18.1 Å². The van der Waals surface area contributed by atoms with E-state index < -0.39 is 8.32 Å². The van der Waals surface area contributed by atoms with Crippen molar-refractivity contribution < 1.29 is 9.53 Å². The number of rotatable bonds is 2. The van der Waals surface area contributed by atoms with Gasteiger partial charge in [-0.1, -0.05) is 45.0 Å². The molecule has 0 aliphatic heterocycles. The molecule has 0 unspecified atom stereocenters. The normalized spacial score (nSPS) is 24.1.